The smallest absolute Gasteiger partial charge is 0.481 e. The fraction of sp³-hybridized carbons (Fsp3) is 0.154. The molecular weight excluding hydrogens is 305 g/mol. The summed E-state index contributed by atoms with van der Waals surface area (Å²) < 4.78 is 45.5. The van der Waals surface area contributed by atoms with Gasteiger partial charge in [-0.25, -0.2) is 4.98 Å². The number of hydrogen-bond donors (Lipinski definition) is 0. The van der Waals surface area contributed by atoms with E-state index in [1.807, 2.05) is 0 Å². The van der Waals surface area contributed by atoms with Crippen molar-refractivity contribution in [3.05, 3.63) is 46.6 Å². The van der Waals surface area contributed by atoms with E-state index in [9.17, 15) is 23.3 Å². The van der Waals surface area contributed by atoms with E-state index < -0.39 is 17.0 Å². The summed E-state index contributed by atoms with van der Waals surface area (Å²) in [6.07, 6.45) is -3.83. The predicted molar refractivity (Wildman–Crippen MR) is 69.6 cm³/mol. The van der Waals surface area contributed by atoms with Crippen LogP contribution in [0.1, 0.15) is 0 Å². The van der Waals surface area contributed by atoms with Gasteiger partial charge in [-0.1, -0.05) is 12.1 Å². The lowest BCUT2D eigenvalue weighted by Gasteiger charge is -2.11. The maximum absolute atomic E-state index is 12.2. The minimum absolute atomic E-state index is 0.0507. The molecule has 1 heterocycles. The molecule has 0 N–H and O–H groups in total. The van der Waals surface area contributed by atoms with Gasteiger partial charge in [0.2, 0.25) is 5.88 Å². The van der Waals surface area contributed by atoms with Crippen molar-refractivity contribution in [3.8, 4) is 22.8 Å². The molecule has 0 aliphatic rings. The summed E-state index contributed by atoms with van der Waals surface area (Å²) in [6.45, 7) is 0. The summed E-state index contributed by atoms with van der Waals surface area (Å²) in [5.41, 5.74) is 0.122. The number of aromatic nitrogens is 1. The number of rotatable bonds is 4. The molecule has 2 rings (SSSR count). The van der Waals surface area contributed by atoms with Gasteiger partial charge in [0.25, 0.3) is 5.69 Å². The SMILES string of the molecule is COc1ncc([N+](=O)[O-])cc1-c1cccc(OC(F)(F)F)c1. The molecule has 0 radical (unpaired) electrons. The van der Waals surface area contributed by atoms with Gasteiger partial charge in [0.05, 0.1) is 17.6 Å². The van der Waals surface area contributed by atoms with Crippen LogP contribution in [-0.4, -0.2) is 23.4 Å². The standard InChI is InChI=1S/C13H9F3N2O4/c1-21-12-11(6-9(7-17-12)18(19)20)8-3-2-4-10(5-8)22-13(14,15)16/h2-7H,1H3. The van der Waals surface area contributed by atoms with Crippen LogP contribution in [0.5, 0.6) is 11.6 Å². The van der Waals surface area contributed by atoms with E-state index in [4.69, 9.17) is 4.74 Å². The van der Waals surface area contributed by atoms with Crippen LogP contribution in [0, 0.1) is 10.1 Å². The van der Waals surface area contributed by atoms with Crippen molar-refractivity contribution in [2.75, 3.05) is 7.11 Å². The monoisotopic (exact) mass is 314 g/mol. The van der Waals surface area contributed by atoms with E-state index in [-0.39, 0.29) is 22.7 Å². The third-order valence-corrected chi connectivity index (χ3v) is 2.62. The second-order valence-electron chi connectivity index (χ2n) is 4.08. The average Bonchev–Trinajstić information content (AvgIpc) is 2.45. The van der Waals surface area contributed by atoms with Crippen molar-refractivity contribution in [1.29, 1.82) is 0 Å². The lowest BCUT2D eigenvalue weighted by molar-refractivity contribution is -0.385. The van der Waals surface area contributed by atoms with Crippen LogP contribution in [0.3, 0.4) is 0 Å². The summed E-state index contributed by atoms with van der Waals surface area (Å²) >= 11 is 0. The van der Waals surface area contributed by atoms with E-state index in [0.717, 1.165) is 18.3 Å². The Morgan fingerprint density at radius 2 is 2.00 bits per heavy atom. The van der Waals surface area contributed by atoms with Gasteiger partial charge in [0.15, 0.2) is 0 Å². The number of ether oxygens (including phenoxy) is 2. The van der Waals surface area contributed by atoms with Crippen LogP contribution in [0.4, 0.5) is 18.9 Å². The van der Waals surface area contributed by atoms with Gasteiger partial charge in [0, 0.05) is 6.07 Å². The minimum Gasteiger partial charge on any atom is -0.481 e. The number of pyridine rings is 1. The molecular formula is C13H9F3N2O4. The summed E-state index contributed by atoms with van der Waals surface area (Å²) in [7, 11) is 1.30. The van der Waals surface area contributed by atoms with Crippen LogP contribution in [-0.2, 0) is 0 Å². The largest absolute Gasteiger partial charge is 0.573 e. The molecule has 0 saturated heterocycles. The quantitative estimate of drug-likeness (QED) is 0.637. The Hall–Kier alpha value is -2.84. The lowest BCUT2D eigenvalue weighted by Crippen LogP contribution is -2.17. The molecule has 0 aliphatic carbocycles. The number of benzene rings is 1. The molecule has 0 unspecified atom stereocenters. The van der Waals surface area contributed by atoms with E-state index in [1.54, 1.807) is 0 Å². The molecule has 2 aromatic rings. The van der Waals surface area contributed by atoms with Crippen LogP contribution >= 0.6 is 0 Å². The molecule has 0 atom stereocenters. The highest BCUT2D eigenvalue weighted by molar-refractivity contribution is 5.71. The first kappa shape index (κ1) is 15.5. The Labute approximate surface area is 122 Å². The summed E-state index contributed by atoms with van der Waals surface area (Å²) in [4.78, 5) is 13.9. The minimum atomic E-state index is -4.83. The predicted octanol–water partition coefficient (Wildman–Crippen LogP) is 3.56. The van der Waals surface area contributed by atoms with Gasteiger partial charge >= 0.3 is 6.36 Å². The van der Waals surface area contributed by atoms with Gasteiger partial charge in [-0.2, -0.15) is 0 Å². The van der Waals surface area contributed by atoms with Crippen molar-refractivity contribution in [3.63, 3.8) is 0 Å². The van der Waals surface area contributed by atoms with Gasteiger partial charge in [-0.15, -0.1) is 13.2 Å². The zero-order valence-corrected chi connectivity index (χ0v) is 11.1. The highest BCUT2D eigenvalue weighted by Gasteiger charge is 2.31. The van der Waals surface area contributed by atoms with Gasteiger partial charge < -0.3 is 9.47 Å². The third kappa shape index (κ3) is 3.62. The van der Waals surface area contributed by atoms with Crippen LogP contribution in [0.2, 0.25) is 0 Å². The molecule has 116 valence electrons. The number of alkyl halides is 3. The van der Waals surface area contributed by atoms with E-state index in [2.05, 4.69) is 9.72 Å². The summed E-state index contributed by atoms with van der Waals surface area (Å²) in [5.74, 6) is -0.395. The Morgan fingerprint density at radius 1 is 1.27 bits per heavy atom. The molecule has 0 aliphatic heterocycles. The first-order valence-electron chi connectivity index (χ1n) is 5.85. The molecule has 0 amide bonds. The van der Waals surface area contributed by atoms with Crippen LogP contribution in [0.25, 0.3) is 11.1 Å². The summed E-state index contributed by atoms with van der Waals surface area (Å²) in [5, 5.41) is 10.8. The average molecular weight is 314 g/mol. The van der Waals surface area contributed by atoms with Gasteiger partial charge in [-0.3, -0.25) is 10.1 Å². The number of methoxy groups -OCH3 is 1. The molecule has 0 saturated carbocycles. The van der Waals surface area contributed by atoms with Crippen molar-refractivity contribution < 1.29 is 27.6 Å². The Kier molecular flexibility index (Phi) is 4.15. The fourth-order valence-electron chi connectivity index (χ4n) is 1.77. The number of nitro groups is 1. The lowest BCUT2D eigenvalue weighted by atomic mass is 10.1. The first-order chi connectivity index (χ1) is 10.3. The van der Waals surface area contributed by atoms with Crippen LogP contribution < -0.4 is 9.47 Å². The highest BCUT2D eigenvalue weighted by atomic mass is 19.4. The molecule has 0 fully saturated rings. The Balaban J connectivity index is 2.48. The van der Waals surface area contributed by atoms with Gasteiger partial charge in [0.1, 0.15) is 11.9 Å². The molecule has 9 heteroatoms. The molecule has 6 nitrogen and oxygen atoms in total. The first-order valence-corrected chi connectivity index (χ1v) is 5.85. The second-order valence-corrected chi connectivity index (χ2v) is 4.08. The number of nitrogens with zero attached hydrogens (tertiary/aromatic N) is 2. The van der Waals surface area contributed by atoms with Crippen LogP contribution in [0.15, 0.2) is 36.5 Å². The molecule has 1 aromatic heterocycles. The fourth-order valence-corrected chi connectivity index (χ4v) is 1.77. The zero-order chi connectivity index (χ0) is 16.3. The molecule has 1 aromatic carbocycles. The van der Waals surface area contributed by atoms with Gasteiger partial charge in [-0.05, 0) is 17.7 Å². The number of halogens is 3. The van der Waals surface area contributed by atoms with E-state index >= 15 is 0 Å². The molecule has 0 spiro atoms. The van der Waals surface area contributed by atoms with Crippen molar-refractivity contribution in [2.45, 2.75) is 6.36 Å². The van der Waals surface area contributed by atoms with E-state index in [1.165, 1.54) is 25.3 Å². The number of hydrogen-bond acceptors (Lipinski definition) is 5. The Bertz CT molecular complexity index is 704. The summed E-state index contributed by atoms with van der Waals surface area (Å²) in [6, 6.07) is 6.17. The van der Waals surface area contributed by atoms with Crippen molar-refractivity contribution >= 4 is 5.69 Å². The van der Waals surface area contributed by atoms with Crippen molar-refractivity contribution in [1.82, 2.24) is 4.98 Å². The topological polar surface area (TPSA) is 74.5 Å². The second kappa shape index (κ2) is 5.88. The highest BCUT2D eigenvalue weighted by Crippen LogP contribution is 2.34. The molecule has 0 bridgehead atoms. The van der Waals surface area contributed by atoms with Crippen molar-refractivity contribution in [2.24, 2.45) is 0 Å². The maximum atomic E-state index is 12.2. The zero-order valence-electron chi connectivity index (χ0n) is 11.1. The van der Waals surface area contributed by atoms with E-state index in [0.29, 0.717) is 0 Å². The third-order valence-electron chi connectivity index (χ3n) is 2.62. The molecule has 22 heavy (non-hydrogen) atoms. The normalized spacial score (nSPS) is 11.1. The Morgan fingerprint density at radius 3 is 2.59 bits per heavy atom. The maximum Gasteiger partial charge on any atom is 0.573 e.